The van der Waals surface area contributed by atoms with E-state index in [4.69, 9.17) is 4.42 Å². The first-order valence-electron chi connectivity index (χ1n) is 7.21. The number of nitrogens with one attached hydrogen (secondary N) is 1. The summed E-state index contributed by atoms with van der Waals surface area (Å²) in [6.45, 7) is 4.34. The van der Waals surface area contributed by atoms with Crippen LogP contribution in [0.1, 0.15) is 43.7 Å². The number of carbonyl (C=O) groups is 2. The average molecular weight is 276 g/mol. The van der Waals surface area contributed by atoms with Crippen molar-refractivity contribution in [2.45, 2.75) is 45.2 Å². The molecule has 5 heteroatoms. The van der Waals surface area contributed by atoms with E-state index in [1.54, 1.807) is 0 Å². The fourth-order valence-corrected chi connectivity index (χ4v) is 2.73. The largest absolute Gasteiger partial charge is 0.464 e. The molecular formula is C15H20N2O3. The maximum absolute atomic E-state index is 12.2. The molecule has 0 spiro atoms. The molecule has 1 aliphatic heterocycles. The van der Waals surface area contributed by atoms with Gasteiger partial charge in [-0.15, -0.1) is 0 Å². The van der Waals surface area contributed by atoms with Crippen molar-refractivity contribution in [2.24, 2.45) is 5.92 Å². The summed E-state index contributed by atoms with van der Waals surface area (Å²) < 4.78 is 5.51. The Balaban J connectivity index is 1.58. The van der Waals surface area contributed by atoms with Crippen LogP contribution in [0.5, 0.6) is 0 Å². The van der Waals surface area contributed by atoms with E-state index >= 15 is 0 Å². The lowest BCUT2D eigenvalue weighted by atomic mass is 10.1. The van der Waals surface area contributed by atoms with Crippen molar-refractivity contribution in [1.29, 1.82) is 0 Å². The fraction of sp³-hybridized carbons (Fsp3) is 0.600. The van der Waals surface area contributed by atoms with Crippen LogP contribution in [-0.2, 0) is 9.59 Å². The van der Waals surface area contributed by atoms with E-state index in [1.807, 2.05) is 30.9 Å². The number of hydrogen-bond acceptors (Lipinski definition) is 3. The van der Waals surface area contributed by atoms with Crippen LogP contribution in [0.2, 0.25) is 0 Å². The van der Waals surface area contributed by atoms with Gasteiger partial charge in [0.2, 0.25) is 11.8 Å². The number of amides is 2. The minimum absolute atomic E-state index is 0.0527. The first-order chi connectivity index (χ1) is 9.54. The van der Waals surface area contributed by atoms with Crippen LogP contribution in [0.25, 0.3) is 0 Å². The van der Waals surface area contributed by atoms with Crippen molar-refractivity contribution in [3.05, 3.63) is 23.7 Å². The first kappa shape index (κ1) is 13.2. The second-order valence-electron chi connectivity index (χ2n) is 5.86. The highest BCUT2D eigenvalue weighted by atomic mass is 16.3. The van der Waals surface area contributed by atoms with Gasteiger partial charge in [0.1, 0.15) is 11.5 Å². The van der Waals surface area contributed by atoms with Crippen LogP contribution in [0.15, 0.2) is 16.5 Å². The Morgan fingerprint density at radius 1 is 1.45 bits per heavy atom. The smallest absolute Gasteiger partial charge is 0.226 e. The van der Waals surface area contributed by atoms with Crippen LogP contribution in [-0.4, -0.2) is 29.3 Å². The van der Waals surface area contributed by atoms with Gasteiger partial charge in [0.05, 0.1) is 12.0 Å². The number of likely N-dealkylation sites (tertiary alicyclic amines) is 1. The topological polar surface area (TPSA) is 62.6 Å². The molecule has 2 atom stereocenters. The van der Waals surface area contributed by atoms with Crippen LogP contribution in [0.3, 0.4) is 0 Å². The molecule has 5 nitrogen and oxygen atoms in total. The Bertz CT molecular complexity index is 533. The van der Waals surface area contributed by atoms with E-state index in [9.17, 15) is 9.59 Å². The second-order valence-corrected chi connectivity index (χ2v) is 5.86. The molecule has 1 aliphatic carbocycles. The van der Waals surface area contributed by atoms with Gasteiger partial charge in [-0.1, -0.05) is 0 Å². The van der Waals surface area contributed by atoms with Crippen molar-refractivity contribution in [3.63, 3.8) is 0 Å². The SMILES string of the molecule is Cc1ccc([C@H](C)NC(=O)[C@H]2CC(=O)N(C3CC3)C2)o1. The Morgan fingerprint density at radius 3 is 2.80 bits per heavy atom. The average Bonchev–Trinajstić information content (AvgIpc) is 3.03. The molecule has 0 radical (unpaired) electrons. The molecule has 2 amide bonds. The minimum atomic E-state index is -0.221. The molecule has 1 N–H and O–H groups in total. The Morgan fingerprint density at radius 2 is 2.20 bits per heavy atom. The predicted molar refractivity (Wildman–Crippen MR) is 72.8 cm³/mol. The van der Waals surface area contributed by atoms with Gasteiger partial charge in [0.15, 0.2) is 0 Å². The summed E-state index contributed by atoms with van der Waals surface area (Å²) >= 11 is 0. The van der Waals surface area contributed by atoms with E-state index < -0.39 is 0 Å². The van der Waals surface area contributed by atoms with Gasteiger partial charge in [-0.25, -0.2) is 0 Å². The standard InChI is InChI=1S/C15H20N2O3/c1-9-3-6-13(20-9)10(2)16-15(19)11-7-14(18)17(8-11)12-4-5-12/h3,6,10-12H,4-5,7-8H2,1-2H3,(H,16,19)/t10-,11-/m0/s1. The number of carbonyl (C=O) groups excluding carboxylic acids is 2. The molecule has 2 aliphatic rings. The van der Waals surface area contributed by atoms with Crippen molar-refractivity contribution in [3.8, 4) is 0 Å². The maximum atomic E-state index is 12.2. The zero-order chi connectivity index (χ0) is 14.3. The van der Waals surface area contributed by atoms with Crippen LogP contribution in [0.4, 0.5) is 0 Å². The van der Waals surface area contributed by atoms with Gasteiger partial charge in [-0.05, 0) is 38.8 Å². The Hall–Kier alpha value is -1.78. The third-order valence-corrected chi connectivity index (χ3v) is 4.06. The minimum Gasteiger partial charge on any atom is -0.464 e. The van der Waals surface area contributed by atoms with E-state index in [-0.39, 0.29) is 23.8 Å². The number of nitrogens with zero attached hydrogens (tertiary/aromatic N) is 1. The highest BCUT2D eigenvalue weighted by Gasteiger charge is 2.41. The summed E-state index contributed by atoms with van der Waals surface area (Å²) in [5.41, 5.74) is 0. The predicted octanol–water partition coefficient (Wildman–Crippen LogP) is 1.78. The van der Waals surface area contributed by atoms with Gasteiger partial charge in [-0.2, -0.15) is 0 Å². The van der Waals surface area contributed by atoms with Gasteiger partial charge in [0.25, 0.3) is 0 Å². The molecular weight excluding hydrogens is 256 g/mol. The van der Waals surface area contributed by atoms with Gasteiger partial charge in [-0.3, -0.25) is 9.59 Å². The second kappa shape index (κ2) is 4.96. The number of hydrogen-bond donors (Lipinski definition) is 1. The molecule has 1 saturated carbocycles. The van der Waals surface area contributed by atoms with Crippen molar-refractivity contribution < 1.29 is 14.0 Å². The molecule has 108 valence electrons. The van der Waals surface area contributed by atoms with Crippen LogP contribution < -0.4 is 5.32 Å². The Labute approximate surface area is 118 Å². The van der Waals surface area contributed by atoms with Gasteiger partial charge < -0.3 is 14.6 Å². The maximum Gasteiger partial charge on any atom is 0.226 e. The first-order valence-corrected chi connectivity index (χ1v) is 7.21. The molecule has 1 saturated heterocycles. The fourth-order valence-electron chi connectivity index (χ4n) is 2.73. The van der Waals surface area contributed by atoms with Crippen molar-refractivity contribution in [1.82, 2.24) is 10.2 Å². The number of rotatable bonds is 4. The third kappa shape index (κ3) is 2.57. The lowest BCUT2D eigenvalue weighted by Gasteiger charge is -2.17. The van der Waals surface area contributed by atoms with E-state index in [1.165, 1.54) is 0 Å². The summed E-state index contributed by atoms with van der Waals surface area (Å²) in [5, 5.41) is 2.94. The van der Waals surface area contributed by atoms with Gasteiger partial charge >= 0.3 is 0 Å². The monoisotopic (exact) mass is 276 g/mol. The van der Waals surface area contributed by atoms with E-state index in [0.717, 1.165) is 24.4 Å². The lowest BCUT2D eigenvalue weighted by Crippen LogP contribution is -2.34. The highest BCUT2D eigenvalue weighted by Crippen LogP contribution is 2.32. The molecule has 3 rings (SSSR count). The highest BCUT2D eigenvalue weighted by molar-refractivity contribution is 5.89. The molecule has 20 heavy (non-hydrogen) atoms. The quantitative estimate of drug-likeness (QED) is 0.911. The van der Waals surface area contributed by atoms with Crippen molar-refractivity contribution >= 4 is 11.8 Å². The summed E-state index contributed by atoms with van der Waals surface area (Å²) in [7, 11) is 0. The van der Waals surface area contributed by atoms with E-state index in [0.29, 0.717) is 19.0 Å². The zero-order valence-corrected chi connectivity index (χ0v) is 11.9. The molecule has 2 heterocycles. The normalized spacial score (nSPS) is 24.0. The third-order valence-electron chi connectivity index (χ3n) is 4.06. The molecule has 0 bridgehead atoms. The molecule has 1 aromatic heterocycles. The summed E-state index contributed by atoms with van der Waals surface area (Å²) in [5.74, 6) is 1.43. The number of aryl methyl sites for hydroxylation is 1. The zero-order valence-electron chi connectivity index (χ0n) is 11.9. The molecule has 1 aromatic rings. The Kier molecular flexibility index (Phi) is 3.28. The van der Waals surface area contributed by atoms with Gasteiger partial charge in [0, 0.05) is 19.0 Å². The number of furan rings is 1. The summed E-state index contributed by atoms with van der Waals surface area (Å²) in [4.78, 5) is 26.0. The lowest BCUT2D eigenvalue weighted by molar-refractivity contribution is -0.129. The molecule has 0 aromatic carbocycles. The van der Waals surface area contributed by atoms with E-state index in [2.05, 4.69) is 5.32 Å². The van der Waals surface area contributed by atoms with Crippen LogP contribution in [0, 0.1) is 12.8 Å². The van der Waals surface area contributed by atoms with Crippen molar-refractivity contribution in [2.75, 3.05) is 6.54 Å². The molecule has 0 unspecified atom stereocenters. The van der Waals surface area contributed by atoms with Crippen LogP contribution >= 0.6 is 0 Å². The summed E-state index contributed by atoms with van der Waals surface area (Å²) in [6, 6.07) is 3.98. The summed E-state index contributed by atoms with van der Waals surface area (Å²) in [6.07, 6.45) is 2.51. The molecule has 2 fully saturated rings.